The zero-order valence-electron chi connectivity index (χ0n) is 25.1. The predicted octanol–water partition coefficient (Wildman–Crippen LogP) is 4.58. The number of benzene rings is 2. The van der Waals surface area contributed by atoms with Crippen LogP contribution in [0, 0.1) is 0 Å². The second-order valence-corrected chi connectivity index (χ2v) is 14.6. The third-order valence-corrected chi connectivity index (χ3v) is 11.6. The number of carbonyl (C=O) groups excluding carboxylic acids is 3. The molecule has 0 bridgehead atoms. The van der Waals surface area contributed by atoms with Crippen molar-refractivity contribution < 1.29 is 36.0 Å². The molecule has 244 valence electrons. The van der Waals surface area contributed by atoms with Gasteiger partial charge in [0, 0.05) is 30.6 Å². The molecular weight excluding hydrogens is 647 g/mol. The minimum Gasteiger partial charge on any atom is -0.357 e. The van der Waals surface area contributed by atoms with Crippen LogP contribution in [0.1, 0.15) is 82.0 Å². The van der Waals surface area contributed by atoms with Gasteiger partial charge in [0.1, 0.15) is 11.7 Å². The van der Waals surface area contributed by atoms with Crippen molar-refractivity contribution in [2.75, 3.05) is 13.6 Å². The number of aromatic nitrogens is 2. The molecule has 1 fully saturated rings. The summed E-state index contributed by atoms with van der Waals surface area (Å²) >= 11 is 5.77. The van der Waals surface area contributed by atoms with Crippen LogP contribution in [0.15, 0.2) is 47.4 Å². The molecule has 1 N–H and O–H groups in total. The zero-order valence-corrected chi connectivity index (χ0v) is 26.7. The van der Waals surface area contributed by atoms with E-state index < -0.39 is 62.4 Å². The minimum atomic E-state index is -4.76. The smallest absolute Gasteiger partial charge is 0.357 e. The third kappa shape index (κ3) is 5.44. The highest BCUT2D eigenvalue weighted by Crippen LogP contribution is 2.39. The maximum Gasteiger partial charge on any atom is 0.417 e. The second kappa shape index (κ2) is 11.4. The molecule has 1 saturated carbocycles. The third-order valence-electron chi connectivity index (χ3n) is 9.02. The molecule has 0 saturated heterocycles. The average Bonchev–Trinajstić information content (AvgIpc) is 3.82. The fourth-order valence-electron chi connectivity index (χ4n) is 6.19. The van der Waals surface area contributed by atoms with Gasteiger partial charge >= 0.3 is 6.18 Å². The molecule has 10 nitrogen and oxygen atoms in total. The van der Waals surface area contributed by atoms with Gasteiger partial charge in [-0.05, 0) is 62.6 Å². The standard InChI is InChI=1S/C31H31ClF3N5O5S/c1-16-12-25-22(14-38(16)29(42)19-6-11-24(32)23(13-19)31(33,34)35)27-30(43)39(15-26(28(41)36-3)40(27)37-25)17(2)18-4-7-20(8-5-18)46(44,45)21-9-10-21/h4-8,11,13,16-17,21,26H,9-10,12,14-15H2,1-3H3,(H,36,41)/t16-,17+,26+/m1/s1. The first kappa shape index (κ1) is 32.0. The quantitative estimate of drug-likeness (QED) is 0.408. The number of rotatable bonds is 6. The molecule has 1 aliphatic carbocycles. The molecule has 3 aliphatic rings. The van der Waals surface area contributed by atoms with Crippen molar-refractivity contribution >= 4 is 39.2 Å². The Hall–Kier alpha value is -3.91. The van der Waals surface area contributed by atoms with E-state index >= 15 is 0 Å². The van der Waals surface area contributed by atoms with Gasteiger partial charge in [-0.15, -0.1) is 0 Å². The summed E-state index contributed by atoms with van der Waals surface area (Å²) in [4.78, 5) is 44.0. The monoisotopic (exact) mass is 677 g/mol. The summed E-state index contributed by atoms with van der Waals surface area (Å²) in [6, 6.07) is 7.42. The van der Waals surface area contributed by atoms with Gasteiger partial charge in [0.15, 0.2) is 9.84 Å². The Morgan fingerprint density at radius 2 is 1.78 bits per heavy atom. The van der Waals surface area contributed by atoms with E-state index in [0.717, 1.165) is 12.1 Å². The summed E-state index contributed by atoms with van der Waals surface area (Å²) in [5.74, 6) is -1.50. The van der Waals surface area contributed by atoms with Crippen molar-refractivity contribution in [2.24, 2.45) is 0 Å². The second-order valence-electron chi connectivity index (χ2n) is 12.0. The number of nitrogens with zero attached hydrogens (tertiary/aromatic N) is 4. The number of alkyl halides is 3. The molecule has 3 amide bonds. The van der Waals surface area contributed by atoms with Crippen LogP contribution in [0.25, 0.3) is 0 Å². The Balaban J connectivity index is 1.34. The highest BCUT2D eigenvalue weighted by Gasteiger charge is 2.44. The number of fused-ring (bicyclic) bond motifs is 3. The lowest BCUT2D eigenvalue weighted by Crippen LogP contribution is -2.49. The Bertz CT molecular complexity index is 1860. The number of likely N-dealkylation sites (N-methyl/N-ethyl adjacent to an activating group) is 1. The highest BCUT2D eigenvalue weighted by atomic mass is 35.5. The number of hydrogen-bond donors (Lipinski definition) is 1. The van der Waals surface area contributed by atoms with Crippen molar-refractivity contribution in [3.63, 3.8) is 0 Å². The zero-order chi connectivity index (χ0) is 33.3. The molecule has 2 aromatic carbocycles. The molecule has 0 radical (unpaired) electrons. The predicted molar refractivity (Wildman–Crippen MR) is 161 cm³/mol. The summed E-state index contributed by atoms with van der Waals surface area (Å²) in [5, 5.41) is 6.36. The van der Waals surface area contributed by atoms with Gasteiger partial charge in [0.05, 0.1) is 45.6 Å². The van der Waals surface area contributed by atoms with Crippen LogP contribution in [0.5, 0.6) is 0 Å². The summed E-state index contributed by atoms with van der Waals surface area (Å²) in [6.07, 6.45) is -3.27. The van der Waals surface area contributed by atoms with Crippen LogP contribution in [0.4, 0.5) is 13.2 Å². The van der Waals surface area contributed by atoms with Gasteiger partial charge in [-0.2, -0.15) is 18.3 Å². The topological polar surface area (TPSA) is 122 Å². The molecular formula is C31H31ClF3N5O5S. The fourth-order valence-corrected chi connectivity index (χ4v) is 8.07. The van der Waals surface area contributed by atoms with Crippen LogP contribution >= 0.6 is 11.6 Å². The van der Waals surface area contributed by atoms with Gasteiger partial charge in [-0.1, -0.05) is 23.7 Å². The maximum absolute atomic E-state index is 14.2. The molecule has 15 heteroatoms. The number of hydrogen-bond acceptors (Lipinski definition) is 6. The van der Waals surface area contributed by atoms with E-state index in [0.29, 0.717) is 29.7 Å². The first-order chi connectivity index (χ1) is 21.6. The van der Waals surface area contributed by atoms with Crippen molar-refractivity contribution in [1.29, 1.82) is 0 Å². The molecule has 3 heterocycles. The van der Waals surface area contributed by atoms with Crippen LogP contribution in [0.2, 0.25) is 5.02 Å². The van der Waals surface area contributed by atoms with Gasteiger partial charge < -0.3 is 15.1 Å². The van der Waals surface area contributed by atoms with Crippen molar-refractivity contribution in [2.45, 2.75) is 74.1 Å². The Kier molecular flexibility index (Phi) is 7.95. The first-order valence-electron chi connectivity index (χ1n) is 14.8. The highest BCUT2D eigenvalue weighted by molar-refractivity contribution is 7.92. The van der Waals surface area contributed by atoms with E-state index in [2.05, 4.69) is 10.4 Å². The lowest BCUT2D eigenvalue weighted by molar-refractivity contribution is -0.137. The lowest BCUT2D eigenvalue weighted by atomic mass is 9.96. The summed E-state index contributed by atoms with van der Waals surface area (Å²) in [5.41, 5.74) is 0.383. The van der Waals surface area contributed by atoms with Crippen molar-refractivity contribution in [3.8, 4) is 0 Å². The van der Waals surface area contributed by atoms with E-state index in [1.165, 1.54) is 39.7 Å². The minimum absolute atomic E-state index is 0.0153. The van der Waals surface area contributed by atoms with Crippen LogP contribution in [-0.4, -0.2) is 70.6 Å². The van der Waals surface area contributed by atoms with Gasteiger partial charge in [0.2, 0.25) is 5.91 Å². The SMILES string of the molecule is CNC(=O)[C@@H]1CN([C@@H](C)c2ccc(S(=O)(=O)C3CC3)cc2)C(=O)c2c3c(nn21)C[C@@H](C)N(C(=O)c1ccc(Cl)c(C(F)(F)F)c1)C3. The fraction of sp³-hybridized carbons (Fsp3) is 0.419. The number of amides is 3. The van der Waals surface area contributed by atoms with E-state index in [1.54, 1.807) is 26.0 Å². The van der Waals surface area contributed by atoms with Gasteiger partial charge in [0.25, 0.3) is 11.8 Å². The molecule has 3 atom stereocenters. The van der Waals surface area contributed by atoms with Crippen LogP contribution in [0.3, 0.4) is 0 Å². The number of halogens is 4. The molecule has 46 heavy (non-hydrogen) atoms. The molecule has 0 spiro atoms. The molecule has 2 aliphatic heterocycles. The molecule has 6 rings (SSSR count). The molecule has 1 aromatic heterocycles. The summed E-state index contributed by atoms with van der Waals surface area (Å²) in [7, 11) is -1.93. The van der Waals surface area contributed by atoms with Gasteiger partial charge in [-0.25, -0.2) is 13.1 Å². The normalized spacial score (nSPS) is 20.6. The van der Waals surface area contributed by atoms with Crippen molar-refractivity contribution in [3.05, 3.63) is 81.1 Å². The Labute approximate surface area is 268 Å². The Morgan fingerprint density at radius 3 is 2.39 bits per heavy atom. The van der Waals surface area contributed by atoms with E-state index in [9.17, 15) is 36.0 Å². The molecule has 3 aromatic rings. The maximum atomic E-state index is 14.2. The van der Waals surface area contributed by atoms with E-state index in [-0.39, 0.29) is 40.9 Å². The summed E-state index contributed by atoms with van der Waals surface area (Å²) in [6.45, 7) is 3.38. The largest absolute Gasteiger partial charge is 0.417 e. The van der Waals surface area contributed by atoms with Crippen LogP contribution in [-0.2, 0) is 33.8 Å². The van der Waals surface area contributed by atoms with E-state index in [1.807, 2.05) is 0 Å². The number of carbonyl (C=O) groups is 3. The molecule has 0 unspecified atom stereocenters. The number of nitrogens with one attached hydrogen (secondary N) is 1. The number of sulfone groups is 1. The first-order valence-corrected chi connectivity index (χ1v) is 16.7. The average molecular weight is 678 g/mol. The van der Waals surface area contributed by atoms with Crippen LogP contribution < -0.4 is 5.32 Å². The van der Waals surface area contributed by atoms with E-state index in [4.69, 9.17) is 11.6 Å². The Morgan fingerprint density at radius 1 is 1.11 bits per heavy atom. The van der Waals surface area contributed by atoms with Crippen molar-refractivity contribution in [1.82, 2.24) is 24.9 Å². The summed E-state index contributed by atoms with van der Waals surface area (Å²) < 4.78 is 67.4. The van der Waals surface area contributed by atoms with Gasteiger partial charge in [-0.3, -0.25) is 14.4 Å². The lowest BCUT2D eigenvalue weighted by Gasteiger charge is -2.38.